The average molecular weight is 487 g/mol. The van der Waals surface area contributed by atoms with E-state index in [1.165, 1.54) is 4.52 Å². The molecule has 2 aromatic rings. The van der Waals surface area contributed by atoms with Crippen molar-refractivity contribution in [2.45, 2.75) is 77.2 Å². The van der Waals surface area contributed by atoms with Crippen molar-refractivity contribution >= 4 is 11.7 Å². The molecule has 0 aromatic carbocycles. The summed E-state index contributed by atoms with van der Waals surface area (Å²) in [5.74, 6) is -2.37. The Balaban J connectivity index is 1.60. The van der Waals surface area contributed by atoms with Gasteiger partial charge in [-0.2, -0.15) is 18.3 Å². The summed E-state index contributed by atoms with van der Waals surface area (Å²) >= 11 is 0. The van der Waals surface area contributed by atoms with Gasteiger partial charge >= 0.3 is 12.3 Å². The second kappa shape index (κ2) is 8.98. The third-order valence-electron chi connectivity index (χ3n) is 6.34. The first kappa shape index (κ1) is 24.7. The molecular formula is C23H30F4N4O3. The molecule has 0 bridgehead atoms. The normalized spacial score (nSPS) is 24.5. The molecule has 1 saturated heterocycles. The Hall–Kier alpha value is -2.43. The van der Waals surface area contributed by atoms with Crippen molar-refractivity contribution in [2.24, 2.45) is 5.92 Å². The number of rotatable bonds is 2. The number of ether oxygens (including phenoxy) is 2. The van der Waals surface area contributed by atoms with Gasteiger partial charge in [-0.05, 0) is 59.4 Å². The summed E-state index contributed by atoms with van der Waals surface area (Å²) in [6, 6.07) is 1.73. The number of morpholine rings is 1. The minimum Gasteiger partial charge on any atom is -0.444 e. The second-order valence-electron chi connectivity index (χ2n) is 10.1. The SMILES string of the molecule is Cc1cc([C@@H]2CN(C(=O)OC(C)(C)C)CCO2)n2nc([C@H]3CC[C@H](C(F)(F)F)CC3)c(F)c2n1. The zero-order valence-corrected chi connectivity index (χ0v) is 19.8. The summed E-state index contributed by atoms with van der Waals surface area (Å²) in [7, 11) is 0. The van der Waals surface area contributed by atoms with Crippen molar-refractivity contribution in [3.05, 3.63) is 29.0 Å². The van der Waals surface area contributed by atoms with E-state index in [4.69, 9.17) is 9.47 Å². The Labute approximate surface area is 195 Å². The minimum absolute atomic E-state index is 0.0148. The van der Waals surface area contributed by atoms with Crippen LogP contribution in [-0.4, -0.2) is 57.1 Å². The molecule has 0 unspecified atom stereocenters. The van der Waals surface area contributed by atoms with Crippen molar-refractivity contribution in [3.8, 4) is 0 Å². The molecule has 2 fully saturated rings. The number of nitrogens with zero attached hydrogens (tertiary/aromatic N) is 4. The van der Waals surface area contributed by atoms with E-state index in [-0.39, 0.29) is 50.2 Å². The fourth-order valence-electron chi connectivity index (χ4n) is 4.66. The van der Waals surface area contributed by atoms with Crippen LogP contribution < -0.4 is 0 Å². The van der Waals surface area contributed by atoms with Gasteiger partial charge in [0.05, 0.1) is 24.8 Å². The predicted octanol–water partition coefficient (Wildman–Crippen LogP) is 5.32. The fraction of sp³-hybridized carbons (Fsp3) is 0.696. The standard InChI is InChI=1S/C23H30F4N4O3/c1-13-11-16(17-12-30(9-10-33-17)21(32)34-22(2,3)4)31-20(28-13)18(24)19(29-31)14-5-7-15(8-6-14)23(25,26)27/h11,14-15,17H,5-10,12H2,1-4H3/t14-,15-,17-/m0/s1. The van der Waals surface area contributed by atoms with Crippen LogP contribution in [0.3, 0.4) is 0 Å². The highest BCUT2D eigenvalue weighted by Gasteiger charge is 2.42. The Morgan fingerprint density at radius 2 is 1.85 bits per heavy atom. The molecular weight excluding hydrogens is 456 g/mol. The number of amides is 1. The number of alkyl halides is 3. The van der Waals surface area contributed by atoms with E-state index in [0.29, 0.717) is 17.9 Å². The molecule has 34 heavy (non-hydrogen) atoms. The number of hydrogen-bond donors (Lipinski definition) is 0. The van der Waals surface area contributed by atoms with E-state index in [1.807, 2.05) is 0 Å². The zero-order chi connectivity index (χ0) is 24.8. The number of carbonyl (C=O) groups is 1. The third kappa shape index (κ3) is 5.13. The van der Waals surface area contributed by atoms with Gasteiger partial charge in [0.2, 0.25) is 0 Å². The molecule has 0 spiro atoms. The number of aryl methyl sites for hydroxylation is 1. The van der Waals surface area contributed by atoms with Crippen molar-refractivity contribution in [3.63, 3.8) is 0 Å². The van der Waals surface area contributed by atoms with E-state index < -0.39 is 41.6 Å². The van der Waals surface area contributed by atoms with Gasteiger partial charge in [-0.25, -0.2) is 18.7 Å². The molecule has 7 nitrogen and oxygen atoms in total. The van der Waals surface area contributed by atoms with Crippen molar-refractivity contribution in [2.75, 3.05) is 19.7 Å². The molecule has 0 N–H and O–H groups in total. The summed E-state index contributed by atoms with van der Waals surface area (Å²) in [5, 5.41) is 4.45. The van der Waals surface area contributed by atoms with Gasteiger partial charge in [0, 0.05) is 18.2 Å². The zero-order valence-electron chi connectivity index (χ0n) is 19.8. The summed E-state index contributed by atoms with van der Waals surface area (Å²) < 4.78 is 67.2. The van der Waals surface area contributed by atoms with Gasteiger partial charge < -0.3 is 14.4 Å². The quantitative estimate of drug-likeness (QED) is 0.538. The van der Waals surface area contributed by atoms with Crippen LogP contribution in [0.4, 0.5) is 22.4 Å². The third-order valence-corrected chi connectivity index (χ3v) is 6.34. The van der Waals surface area contributed by atoms with E-state index in [9.17, 15) is 18.0 Å². The Morgan fingerprint density at radius 3 is 2.47 bits per heavy atom. The summed E-state index contributed by atoms with van der Waals surface area (Å²) in [6.45, 7) is 7.91. The first-order chi connectivity index (χ1) is 15.8. The molecule has 11 heteroatoms. The van der Waals surface area contributed by atoms with Crippen LogP contribution in [0.2, 0.25) is 0 Å². The van der Waals surface area contributed by atoms with Crippen LogP contribution in [-0.2, 0) is 9.47 Å². The maximum absolute atomic E-state index is 15.4. The molecule has 188 valence electrons. The molecule has 3 heterocycles. The average Bonchev–Trinajstić information content (AvgIpc) is 3.08. The van der Waals surface area contributed by atoms with E-state index in [1.54, 1.807) is 38.7 Å². The van der Waals surface area contributed by atoms with Gasteiger partial charge in [0.25, 0.3) is 0 Å². The molecule has 4 rings (SSSR count). The lowest BCUT2D eigenvalue weighted by atomic mass is 9.80. The van der Waals surface area contributed by atoms with Crippen LogP contribution in [0, 0.1) is 18.7 Å². The summed E-state index contributed by atoms with van der Waals surface area (Å²) in [5.41, 5.74) is 0.591. The molecule has 1 atom stereocenters. The lowest BCUT2D eigenvalue weighted by Gasteiger charge is -2.34. The molecule has 0 radical (unpaired) electrons. The number of carbonyl (C=O) groups excluding carboxylic acids is 1. The first-order valence-corrected chi connectivity index (χ1v) is 11.6. The first-order valence-electron chi connectivity index (χ1n) is 11.6. The topological polar surface area (TPSA) is 69.0 Å². The molecule has 1 aliphatic heterocycles. The van der Waals surface area contributed by atoms with E-state index in [2.05, 4.69) is 10.1 Å². The summed E-state index contributed by atoms with van der Waals surface area (Å²) in [4.78, 5) is 18.4. The molecule has 1 saturated carbocycles. The van der Waals surface area contributed by atoms with Crippen molar-refractivity contribution in [1.29, 1.82) is 0 Å². The van der Waals surface area contributed by atoms with Crippen LogP contribution >= 0.6 is 0 Å². The highest BCUT2D eigenvalue weighted by atomic mass is 19.4. The van der Waals surface area contributed by atoms with Crippen molar-refractivity contribution < 1.29 is 31.8 Å². The van der Waals surface area contributed by atoms with Gasteiger partial charge in [-0.15, -0.1) is 0 Å². The van der Waals surface area contributed by atoms with E-state index in [0.717, 1.165) is 0 Å². The number of halogens is 4. The Morgan fingerprint density at radius 1 is 1.18 bits per heavy atom. The lowest BCUT2D eigenvalue weighted by Crippen LogP contribution is -2.45. The van der Waals surface area contributed by atoms with Gasteiger partial charge in [-0.1, -0.05) is 0 Å². The van der Waals surface area contributed by atoms with Crippen molar-refractivity contribution in [1.82, 2.24) is 19.5 Å². The maximum atomic E-state index is 15.4. The smallest absolute Gasteiger partial charge is 0.410 e. The van der Waals surface area contributed by atoms with Gasteiger partial charge in [-0.3, -0.25) is 0 Å². The van der Waals surface area contributed by atoms with Gasteiger partial charge in [0.1, 0.15) is 17.4 Å². The lowest BCUT2D eigenvalue weighted by molar-refractivity contribution is -0.182. The molecule has 1 aliphatic carbocycles. The highest BCUT2D eigenvalue weighted by Crippen LogP contribution is 2.43. The molecule has 1 amide bonds. The molecule has 2 aromatic heterocycles. The van der Waals surface area contributed by atoms with Crippen LogP contribution in [0.25, 0.3) is 5.65 Å². The number of aromatic nitrogens is 3. The number of fused-ring (bicyclic) bond motifs is 1. The van der Waals surface area contributed by atoms with Crippen LogP contribution in [0.5, 0.6) is 0 Å². The maximum Gasteiger partial charge on any atom is 0.410 e. The fourth-order valence-corrected chi connectivity index (χ4v) is 4.66. The predicted molar refractivity (Wildman–Crippen MR) is 115 cm³/mol. The van der Waals surface area contributed by atoms with Crippen LogP contribution in [0.15, 0.2) is 6.07 Å². The monoisotopic (exact) mass is 486 g/mol. The van der Waals surface area contributed by atoms with Gasteiger partial charge in [0.15, 0.2) is 11.5 Å². The summed E-state index contributed by atoms with van der Waals surface area (Å²) in [6.07, 6.45) is -4.94. The Bertz CT molecular complexity index is 1060. The largest absolute Gasteiger partial charge is 0.444 e. The highest BCUT2D eigenvalue weighted by molar-refractivity contribution is 5.68. The second-order valence-corrected chi connectivity index (χ2v) is 10.1. The van der Waals surface area contributed by atoms with Crippen LogP contribution in [0.1, 0.15) is 75.6 Å². The van der Waals surface area contributed by atoms with E-state index >= 15 is 4.39 Å². The molecule has 2 aliphatic rings. The minimum atomic E-state index is -4.23. The number of hydrogen-bond acceptors (Lipinski definition) is 5. The Kier molecular flexibility index (Phi) is 6.52.